The van der Waals surface area contributed by atoms with Gasteiger partial charge in [0.1, 0.15) is 0 Å². The van der Waals surface area contributed by atoms with Gasteiger partial charge in [0, 0.05) is 19.1 Å². The van der Waals surface area contributed by atoms with Gasteiger partial charge in [0.2, 0.25) is 0 Å². The van der Waals surface area contributed by atoms with E-state index in [-0.39, 0.29) is 0 Å². The summed E-state index contributed by atoms with van der Waals surface area (Å²) in [6.07, 6.45) is 10.1. The standard InChI is InChI=1S/C14H28N2/c1-2-9-15-10-12-16-11-5-7-13-6-3-4-8-14(13)16/h13-15H,2-12H2,1H3. The van der Waals surface area contributed by atoms with E-state index in [4.69, 9.17) is 0 Å². The molecule has 0 bridgehead atoms. The van der Waals surface area contributed by atoms with Crippen molar-refractivity contribution in [2.24, 2.45) is 5.92 Å². The third-order valence-corrected chi connectivity index (χ3v) is 4.36. The Bertz CT molecular complexity index is 191. The lowest BCUT2D eigenvalue weighted by atomic mass is 9.78. The summed E-state index contributed by atoms with van der Waals surface area (Å²) < 4.78 is 0. The van der Waals surface area contributed by atoms with E-state index < -0.39 is 0 Å². The molecule has 0 aromatic heterocycles. The second-order valence-corrected chi connectivity index (χ2v) is 5.54. The molecule has 1 aliphatic heterocycles. The van der Waals surface area contributed by atoms with Gasteiger partial charge >= 0.3 is 0 Å². The van der Waals surface area contributed by atoms with Gasteiger partial charge in [-0.25, -0.2) is 0 Å². The van der Waals surface area contributed by atoms with Crippen LogP contribution in [0.5, 0.6) is 0 Å². The molecule has 2 aliphatic rings. The molecular formula is C14H28N2. The molecule has 0 aromatic rings. The second kappa shape index (κ2) is 6.61. The fourth-order valence-corrected chi connectivity index (χ4v) is 3.53. The quantitative estimate of drug-likeness (QED) is 0.722. The van der Waals surface area contributed by atoms with E-state index in [1.807, 2.05) is 0 Å². The van der Waals surface area contributed by atoms with Crippen LogP contribution >= 0.6 is 0 Å². The maximum Gasteiger partial charge on any atom is 0.0124 e. The van der Waals surface area contributed by atoms with Crippen LogP contribution in [0.3, 0.4) is 0 Å². The SMILES string of the molecule is CCCNCCN1CCCC2CCCCC21. The minimum Gasteiger partial charge on any atom is -0.315 e. The Kier molecular flexibility index (Phi) is 5.11. The molecule has 94 valence electrons. The Hall–Kier alpha value is -0.0800. The first kappa shape index (κ1) is 12.4. The van der Waals surface area contributed by atoms with Gasteiger partial charge < -0.3 is 5.32 Å². The molecule has 1 aliphatic carbocycles. The van der Waals surface area contributed by atoms with E-state index in [0.29, 0.717) is 0 Å². The smallest absolute Gasteiger partial charge is 0.0124 e. The molecule has 2 heteroatoms. The van der Waals surface area contributed by atoms with Crippen LogP contribution in [-0.4, -0.2) is 37.1 Å². The summed E-state index contributed by atoms with van der Waals surface area (Å²) in [6, 6.07) is 0.936. The molecule has 1 saturated carbocycles. The Morgan fingerprint density at radius 2 is 1.88 bits per heavy atom. The number of nitrogens with zero attached hydrogens (tertiary/aromatic N) is 1. The van der Waals surface area contributed by atoms with Crippen LogP contribution < -0.4 is 5.32 Å². The van der Waals surface area contributed by atoms with Gasteiger partial charge in [-0.05, 0) is 51.1 Å². The molecule has 0 spiro atoms. The molecule has 1 saturated heterocycles. The highest BCUT2D eigenvalue weighted by molar-refractivity contribution is 4.87. The minimum atomic E-state index is 0.936. The van der Waals surface area contributed by atoms with Gasteiger partial charge in [-0.1, -0.05) is 19.8 Å². The third kappa shape index (κ3) is 3.21. The van der Waals surface area contributed by atoms with Crippen LogP contribution in [0.2, 0.25) is 0 Å². The molecule has 2 unspecified atom stereocenters. The van der Waals surface area contributed by atoms with Crippen LogP contribution in [0.1, 0.15) is 51.9 Å². The van der Waals surface area contributed by atoms with Crippen molar-refractivity contribution < 1.29 is 0 Å². The van der Waals surface area contributed by atoms with E-state index in [2.05, 4.69) is 17.1 Å². The summed E-state index contributed by atoms with van der Waals surface area (Å²) in [7, 11) is 0. The zero-order valence-electron chi connectivity index (χ0n) is 10.9. The first-order valence-electron chi connectivity index (χ1n) is 7.36. The molecule has 0 amide bonds. The molecule has 1 N–H and O–H groups in total. The normalized spacial score (nSPS) is 31.3. The molecule has 2 rings (SSSR count). The highest BCUT2D eigenvalue weighted by Crippen LogP contribution is 2.34. The zero-order chi connectivity index (χ0) is 11.2. The average molecular weight is 224 g/mol. The Balaban J connectivity index is 1.74. The molecule has 2 atom stereocenters. The van der Waals surface area contributed by atoms with Crippen LogP contribution in [0.4, 0.5) is 0 Å². The summed E-state index contributed by atoms with van der Waals surface area (Å²) >= 11 is 0. The molecule has 2 nitrogen and oxygen atoms in total. The summed E-state index contributed by atoms with van der Waals surface area (Å²) in [5.41, 5.74) is 0. The summed E-state index contributed by atoms with van der Waals surface area (Å²) in [4.78, 5) is 2.77. The fourth-order valence-electron chi connectivity index (χ4n) is 3.53. The van der Waals surface area contributed by atoms with Crippen LogP contribution in [0.15, 0.2) is 0 Å². The van der Waals surface area contributed by atoms with Crippen molar-refractivity contribution in [3.8, 4) is 0 Å². The molecular weight excluding hydrogens is 196 g/mol. The lowest BCUT2D eigenvalue weighted by molar-refractivity contribution is 0.0619. The Morgan fingerprint density at radius 1 is 1.06 bits per heavy atom. The fraction of sp³-hybridized carbons (Fsp3) is 1.00. The largest absolute Gasteiger partial charge is 0.315 e. The van der Waals surface area contributed by atoms with Crippen molar-refractivity contribution >= 4 is 0 Å². The van der Waals surface area contributed by atoms with Crippen molar-refractivity contribution in [3.63, 3.8) is 0 Å². The zero-order valence-corrected chi connectivity index (χ0v) is 10.9. The lowest BCUT2D eigenvalue weighted by Gasteiger charge is -2.44. The maximum atomic E-state index is 3.54. The summed E-state index contributed by atoms with van der Waals surface area (Å²) in [6.45, 7) is 7.25. The van der Waals surface area contributed by atoms with E-state index >= 15 is 0 Å². The molecule has 1 heterocycles. The van der Waals surface area contributed by atoms with Gasteiger partial charge in [0.15, 0.2) is 0 Å². The van der Waals surface area contributed by atoms with E-state index in [1.165, 1.54) is 71.1 Å². The van der Waals surface area contributed by atoms with Gasteiger partial charge in [-0.2, -0.15) is 0 Å². The first-order chi connectivity index (χ1) is 7.92. The number of likely N-dealkylation sites (tertiary alicyclic amines) is 1. The monoisotopic (exact) mass is 224 g/mol. The molecule has 0 aromatic carbocycles. The number of fused-ring (bicyclic) bond motifs is 1. The van der Waals surface area contributed by atoms with E-state index in [1.54, 1.807) is 0 Å². The maximum absolute atomic E-state index is 3.54. The first-order valence-corrected chi connectivity index (χ1v) is 7.36. The van der Waals surface area contributed by atoms with Crippen molar-refractivity contribution in [1.82, 2.24) is 10.2 Å². The molecule has 2 fully saturated rings. The van der Waals surface area contributed by atoms with Crippen LogP contribution in [-0.2, 0) is 0 Å². The van der Waals surface area contributed by atoms with Gasteiger partial charge in [0.05, 0.1) is 0 Å². The Labute approximate surface area is 101 Å². The predicted octanol–water partition coefficient (Wildman–Crippen LogP) is 2.64. The van der Waals surface area contributed by atoms with Gasteiger partial charge in [-0.15, -0.1) is 0 Å². The third-order valence-electron chi connectivity index (χ3n) is 4.36. The molecule has 0 radical (unpaired) electrons. The highest BCUT2D eigenvalue weighted by atomic mass is 15.2. The Morgan fingerprint density at radius 3 is 2.75 bits per heavy atom. The number of rotatable bonds is 5. The average Bonchev–Trinajstić information content (AvgIpc) is 2.35. The van der Waals surface area contributed by atoms with Crippen LogP contribution in [0, 0.1) is 5.92 Å². The van der Waals surface area contributed by atoms with Crippen molar-refractivity contribution in [2.75, 3.05) is 26.2 Å². The van der Waals surface area contributed by atoms with Crippen LogP contribution in [0.25, 0.3) is 0 Å². The molecule has 16 heavy (non-hydrogen) atoms. The van der Waals surface area contributed by atoms with Crippen molar-refractivity contribution in [2.45, 2.75) is 57.9 Å². The number of nitrogens with one attached hydrogen (secondary N) is 1. The van der Waals surface area contributed by atoms with Crippen molar-refractivity contribution in [3.05, 3.63) is 0 Å². The number of hydrogen-bond acceptors (Lipinski definition) is 2. The highest BCUT2D eigenvalue weighted by Gasteiger charge is 2.32. The topological polar surface area (TPSA) is 15.3 Å². The lowest BCUT2D eigenvalue weighted by Crippen LogP contribution is -2.48. The van der Waals surface area contributed by atoms with E-state index in [9.17, 15) is 0 Å². The van der Waals surface area contributed by atoms with E-state index in [0.717, 1.165) is 12.0 Å². The van der Waals surface area contributed by atoms with Crippen molar-refractivity contribution in [1.29, 1.82) is 0 Å². The minimum absolute atomic E-state index is 0.936. The number of hydrogen-bond donors (Lipinski definition) is 1. The number of piperidine rings is 1. The van der Waals surface area contributed by atoms with Gasteiger partial charge in [-0.3, -0.25) is 4.90 Å². The summed E-state index contributed by atoms with van der Waals surface area (Å²) in [5.74, 6) is 1.04. The predicted molar refractivity (Wildman–Crippen MR) is 69.7 cm³/mol. The van der Waals surface area contributed by atoms with Gasteiger partial charge in [0.25, 0.3) is 0 Å². The second-order valence-electron chi connectivity index (χ2n) is 5.54. The summed E-state index contributed by atoms with van der Waals surface area (Å²) in [5, 5.41) is 3.54.